The quantitative estimate of drug-likeness (QED) is 0.698. The molecule has 0 saturated heterocycles. The third-order valence-electron chi connectivity index (χ3n) is 2.85. The van der Waals surface area contributed by atoms with E-state index in [1.807, 2.05) is 0 Å². The minimum absolute atomic E-state index is 0.337. The van der Waals surface area contributed by atoms with E-state index in [9.17, 15) is 12.3 Å². The summed E-state index contributed by atoms with van der Waals surface area (Å²) in [6.45, 7) is 0. The van der Waals surface area contributed by atoms with Crippen LogP contribution in [-0.4, -0.2) is 25.8 Å². The van der Waals surface area contributed by atoms with Crippen molar-refractivity contribution < 1.29 is 12.3 Å². The minimum atomic E-state index is -4.32. The lowest BCUT2D eigenvalue weighted by Crippen LogP contribution is -2.56. The van der Waals surface area contributed by atoms with Crippen LogP contribution in [0.2, 0.25) is 0 Å². The predicted octanol–water partition coefficient (Wildman–Crippen LogP) is 0.960. The van der Waals surface area contributed by atoms with Gasteiger partial charge in [-0.2, -0.15) is 8.42 Å². The molecular weight excluding hydrogens is 193 g/mol. The lowest BCUT2D eigenvalue weighted by atomic mass is 9.78. The number of rotatable bonds is 4. The molecule has 0 bridgehead atoms. The number of hydrogen-bond donors (Lipinski definition) is 1. The van der Waals surface area contributed by atoms with Crippen molar-refractivity contribution in [3.8, 4) is 0 Å². The van der Waals surface area contributed by atoms with Crippen LogP contribution in [0.3, 0.4) is 0 Å². The fourth-order valence-electron chi connectivity index (χ4n) is 1.92. The molecule has 0 amide bonds. The van der Waals surface area contributed by atoms with Gasteiger partial charge in [-0.05, 0) is 32.1 Å². The van der Waals surface area contributed by atoms with E-state index in [0.29, 0.717) is 6.04 Å². The Morgan fingerprint density at radius 3 is 2.31 bits per heavy atom. The fraction of sp³-hybridized carbons (Fsp3) is 1.00. The summed E-state index contributed by atoms with van der Waals surface area (Å²) in [4.78, 5) is 0. The first-order chi connectivity index (χ1) is 5.99. The second-order valence-electron chi connectivity index (χ2n) is 4.24. The van der Waals surface area contributed by atoms with Crippen LogP contribution in [0.4, 0.5) is 3.89 Å². The molecule has 5 heteroatoms. The monoisotopic (exact) mass is 207 g/mol. The van der Waals surface area contributed by atoms with E-state index >= 15 is 0 Å². The van der Waals surface area contributed by atoms with Crippen LogP contribution in [0.25, 0.3) is 0 Å². The van der Waals surface area contributed by atoms with Gasteiger partial charge in [0, 0.05) is 11.6 Å². The molecule has 0 aromatic carbocycles. The molecule has 2 fully saturated rings. The third-order valence-corrected chi connectivity index (χ3v) is 3.74. The summed E-state index contributed by atoms with van der Waals surface area (Å²) in [5.74, 6) is -0.337. The molecule has 2 saturated carbocycles. The highest BCUT2D eigenvalue weighted by Crippen LogP contribution is 2.36. The molecule has 0 aromatic heterocycles. The largest absolute Gasteiger partial charge is 0.307 e. The standard InChI is InChI=1S/C8H14FNO2S/c9-13(11,12)6-8(4-1-5-8)10-7-2-3-7/h7,10H,1-6H2. The van der Waals surface area contributed by atoms with Crippen molar-refractivity contribution in [2.24, 2.45) is 0 Å². The molecule has 0 unspecified atom stereocenters. The Labute approximate surface area is 77.9 Å². The molecule has 2 rings (SSSR count). The number of nitrogens with one attached hydrogen (secondary N) is 1. The van der Waals surface area contributed by atoms with Gasteiger partial charge in [-0.1, -0.05) is 0 Å². The maximum Gasteiger partial charge on any atom is 0.304 e. The van der Waals surface area contributed by atoms with Crippen molar-refractivity contribution in [2.75, 3.05) is 5.75 Å². The second-order valence-corrected chi connectivity index (χ2v) is 5.60. The molecule has 2 aliphatic rings. The van der Waals surface area contributed by atoms with Crippen molar-refractivity contribution in [3.63, 3.8) is 0 Å². The van der Waals surface area contributed by atoms with Gasteiger partial charge in [0.15, 0.2) is 0 Å². The zero-order valence-corrected chi connectivity index (χ0v) is 8.24. The van der Waals surface area contributed by atoms with Crippen LogP contribution >= 0.6 is 0 Å². The van der Waals surface area contributed by atoms with Crippen molar-refractivity contribution >= 4 is 10.2 Å². The Morgan fingerprint density at radius 1 is 1.38 bits per heavy atom. The van der Waals surface area contributed by atoms with E-state index in [-0.39, 0.29) is 5.75 Å². The summed E-state index contributed by atoms with van der Waals surface area (Å²) in [6.07, 6.45) is 4.82. The zero-order chi connectivity index (χ0) is 9.53. The van der Waals surface area contributed by atoms with Crippen LogP contribution in [-0.2, 0) is 10.2 Å². The van der Waals surface area contributed by atoms with Crippen molar-refractivity contribution in [1.82, 2.24) is 5.32 Å². The lowest BCUT2D eigenvalue weighted by molar-refractivity contribution is 0.207. The third kappa shape index (κ3) is 2.40. The Hall–Kier alpha value is -0.160. The highest BCUT2D eigenvalue weighted by Gasteiger charge is 2.44. The minimum Gasteiger partial charge on any atom is -0.307 e. The van der Waals surface area contributed by atoms with E-state index in [1.165, 1.54) is 0 Å². The van der Waals surface area contributed by atoms with Crippen LogP contribution < -0.4 is 5.32 Å². The van der Waals surface area contributed by atoms with Gasteiger partial charge in [0.05, 0.1) is 5.75 Å². The summed E-state index contributed by atoms with van der Waals surface area (Å²) in [7, 11) is -4.32. The molecular formula is C8H14FNO2S. The molecule has 13 heavy (non-hydrogen) atoms. The first-order valence-corrected chi connectivity index (χ1v) is 6.24. The predicted molar refractivity (Wildman–Crippen MR) is 47.6 cm³/mol. The molecule has 3 nitrogen and oxygen atoms in total. The number of hydrogen-bond acceptors (Lipinski definition) is 3. The molecule has 0 aliphatic heterocycles. The Balaban J connectivity index is 1.97. The van der Waals surface area contributed by atoms with E-state index in [1.54, 1.807) is 0 Å². The van der Waals surface area contributed by atoms with E-state index in [0.717, 1.165) is 32.1 Å². The highest BCUT2D eigenvalue weighted by molar-refractivity contribution is 7.86. The van der Waals surface area contributed by atoms with Crippen LogP contribution in [0.1, 0.15) is 32.1 Å². The molecule has 76 valence electrons. The van der Waals surface area contributed by atoms with Gasteiger partial charge in [0.1, 0.15) is 0 Å². The first-order valence-electron chi connectivity index (χ1n) is 4.69. The average Bonchev–Trinajstić information content (AvgIpc) is 2.63. The van der Waals surface area contributed by atoms with Gasteiger partial charge in [-0.25, -0.2) is 0 Å². The highest BCUT2D eigenvalue weighted by atomic mass is 32.3. The van der Waals surface area contributed by atoms with Gasteiger partial charge in [0.2, 0.25) is 0 Å². The van der Waals surface area contributed by atoms with Crippen molar-refractivity contribution in [3.05, 3.63) is 0 Å². The van der Waals surface area contributed by atoms with Crippen molar-refractivity contribution in [2.45, 2.75) is 43.7 Å². The second kappa shape index (κ2) is 2.92. The Morgan fingerprint density at radius 2 is 2.00 bits per heavy atom. The average molecular weight is 207 g/mol. The zero-order valence-electron chi connectivity index (χ0n) is 7.42. The van der Waals surface area contributed by atoms with Gasteiger partial charge < -0.3 is 5.32 Å². The van der Waals surface area contributed by atoms with E-state index in [4.69, 9.17) is 0 Å². The SMILES string of the molecule is O=S(=O)(F)CC1(NC2CC2)CCC1. The molecule has 0 aromatic rings. The molecule has 0 spiro atoms. The first kappa shape index (κ1) is 9.40. The normalized spacial score (nSPS) is 26.8. The van der Waals surface area contributed by atoms with Gasteiger partial charge in [-0.3, -0.25) is 0 Å². The van der Waals surface area contributed by atoms with Gasteiger partial charge in [-0.15, -0.1) is 3.89 Å². The smallest absolute Gasteiger partial charge is 0.304 e. The summed E-state index contributed by atoms with van der Waals surface area (Å²) in [5, 5.41) is 3.24. The molecule has 0 heterocycles. The molecule has 0 radical (unpaired) electrons. The summed E-state index contributed by atoms with van der Waals surface area (Å²) in [5.41, 5.74) is -0.422. The summed E-state index contributed by atoms with van der Waals surface area (Å²) >= 11 is 0. The van der Waals surface area contributed by atoms with E-state index in [2.05, 4.69) is 5.32 Å². The molecule has 1 N–H and O–H groups in total. The fourth-order valence-corrected chi connectivity index (χ4v) is 2.96. The van der Waals surface area contributed by atoms with Crippen LogP contribution in [0, 0.1) is 0 Å². The Bertz CT molecular complexity index is 293. The maximum absolute atomic E-state index is 12.5. The number of halogens is 1. The van der Waals surface area contributed by atoms with Gasteiger partial charge in [0.25, 0.3) is 0 Å². The van der Waals surface area contributed by atoms with Crippen LogP contribution in [0.15, 0.2) is 0 Å². The summed E-state index contributed by atoms with van der Waals surface area (Å²) < 4.78 is 33.6. The maximum atomic E-state index is 12.5. The van der Waals surface area contributed by atoms with Crippen LogP contribution in [0.5, 0.6) is 0 Å². The topological polar surface area (TPSA) is 46.2 Å². The Kier molecular flexibility index (Phi) is 2.11. The van der Waals surface area contributed by atoms with Crippen molar-refractivity contribution in [1.29, 1.82) is 0 Å². The molecule has 2 aliphatic carbocycles. The van der Waals surface area contributed by atoms with E-state index < -0.39 is 15.8 Å². The lowest BCUT2D eigenvalue weighted by Gasteiger charge is -2.41. The summed E-state index contributed by atoms with van der Waals surface area (Å²) in [6, 6.07) is 0.446. The van der Waals surface area contributed by atoms with Gasteiger partial charge >= 0.3 is 10.2 Å². The molecule has 0 atom stereocenters.